The maximum absolute atomic E-state index is 12.7. The standard InChI is InChI=1S/C19H18N2O2S/c1-14-5-3-7-16(11-14)21-10-9-20-18(19(21)22)24-13-15-6-4-8-17(12-15)23-2/h3-12H,13H2,1-2H3. The van der Waals surface area contributed by atoms with Gasteiger partial charge in [0, 0.05) is 23.8 Å². The topological polar surface area (TPSA) is 44.1 Å². The third-order valence-electron chi connectivity index (χ3n) is 3.60. The Morgan fingerprint density at radius 2 is 2.00 bits per heavy atom. The molecule has 0 spiro atoms. The Morgan fingerprint density at radius 1 is 1.17 bits per heavy atom. The van der Waals surface area contributed by atoms with E-state index in [1.54, 1.807) is 24.1 Å². The maximum atomic E-state index is 12.7. The van der Waals surface area contributed by atoms with E-state index in [1.165, 1.54) is 11.8 Å². The number of benzene rings is 2. The van der Waals surface area contributed by atoms with Gasteiger partial charge in [-0.2, -0.15) is 0 Å². The summed E-state index contributed by atoms with van der Waals surface area (Å²) in [7, 11) is 1.64. The average Bonchev–Trinajstić information content (AvgIpc) is 2.61. The summed E-state index contributed by atoms with van der Waals surface area (Å²) >= 11 is 1.43. The fraction of sp³-hybridized carbons (Fsp3) is 0.158. The second-order valence-electron chi connectivity index (χ2n) is 5.39. The smallest absolute Gasteiger partial charge is 0.287 e. The van der Waals surface area contributed by atoms with Gasteiger partial charge in [0.1, 0.15) is 5.75 Å². The molecule has 0 N–H and O–H groups in total. The maximum Gasteiger partial charge on any atom is 0.287 e. The van der Waals surface area contributed by atoms with Gasteiger partial charge in [0.15, 0.2) is 5.03 Å². The molecule has 3 rings (SSSR count). The first kappa shape index (κ1) is 16.3. The Balaban J connectivity index is 1.84. The van der Waals surface area contributed by atoms with E-state index in [0.717, 1.165) is 22.6 Å². The van der Waals surface area contributed by atoms with Gasteiger partial charge in [-0.3, -0.25) is 9.36 Å². The Bertz CT molecular complexity index is 906. The van der Waals surface area contributed by atoms with Crippen molar-refractivity contribution >= 4 is 11.8 Å². The van der Waals surface area contributed by atoms with Crippen molar-refractivity contribution in [1.29, 1.82) is 0 Å². The molecular formula is C19H18N2O2S. The van der Waals surface area contributed by atoms with Crippen molar-refractivity contribution in [2.24, 2.45) is 0 Å². The third-order valence-corrected chi connectivity index (χ3v) is 4.63. The van der Waals surface area contributed by atoms with Gasteiger partial charge >= 0.3 is 0 Å². The lowest BCUT2D eigenvalue weighted by Gasteiger charge is -2.08. The molecule has 0 bridgehead atoms. The van der Waals surface area contributed by atoms with E-state index >= 15 is 0 Å². The summed E-state index contributed by atoms with van der Waals surface area (Å²) in [5.74, 6) is 1.48. The Morgan fingerprint density at radius 3 is 2.79 bits per heavy atom. The van der Waals surface area contributed by atoms with Crippen LogP contribution < -0.4 is 10.3 Å². The molecular weight excluding hydrogens is 320 g/mol. The van der Waals surface area contributed by atoms with Crippen molar-refractivity contribution < 1.29 is 4.74 Å². The third kappa shape index (κ3) is 3.68. The van der Waals surface area contributed by atoms with Crippen molar-refractivity contribution in [1.82, 2.24) is 9.55 Å². The molecule has 0 saturated heterocycles. The van der Waals surface area contributed by atoms with Crippen LogP contribution in [0.5, 0.6) is 5.75 Å². The fourth-order valence-electron chi connectivity index (χ4n) is 2.39. The van der Waals surface area contributed by atoms with Crippen LogP contribution in [0.1, 0.15) is 11.1 Å². The van der Waals surface area contributed by atoms with Crippen LogP contribution in [0, 0.1) is 6.92 Å². The minimum atomic E-state index is -0.101. The van der Waals surface area contributed by atoms with Gasteiger partial charge in [-0.15, -0.1) is 0 Å². The van der Waals surface area contributed by atoms with Crippen LogP contribution in [0.2, 0.25) is 0 Å². The molecule has 0 atom stereocenters. The van der Waals surface area contributed by atoms with E-state index in [9.17, 15) is 4.79 Å². The van der Waals surface area contributed by atoms with E-state index < -0.39 is 0 Å². The molecule has 0 aliphatic heterocycles. The van der Waals surface area contributed by atoms with Crippen molar-refractivity contribution in [2.75, 3.05) is 7.11 Å². The highest BCUT2D eigenvalue weighted by Crippen LogP contribution is 2.21. The Kier molecular flexibility index (Phi) is 5.01. The highest BCUT2D eigenvalue weighted by molar-refractivity contribution is 7.98. The average molecular weight is 338 g/mol. The minimum Gasteiger partial charge on any atom is -0.497 e. The van der Waals surface area contributed by atoms with Crippen LogP contribution in [0.4, 0.5) is 0 Å². The molecule has 24 heavy (non-hydrogen) atoms. The number of ether oxygens (including phenoxy) is 1. The number of thioether (sulfide) groups is 1. The van der Waals surface area contributed by atoms with E-state index in [2.05, 4.69) is 4.98 Å². The van der Waals surface area contributed by atoms with Gasteiger partial charge in [0.05, 0.1) is 7.11 Å². The molecule has 0 radical (unpaired) electrons. The molecule has 0 aliphatic carbocycles. The lowest BCUT2D eigenvalue weighted by atomic mass is 10.2. The normalized spacial score (nSPS) is 10.6. The molecule has 2 aromatic carbocycles. The first-order valence-electron chi connectivity index (χ1n) is 7.58. The summed E-state index contributed by atoms with van der Waals surface area (Å²) in [6.45, 7) is 2.01. The molecule has 0 aliphatic rings. The van der Waals surface area contributed by atoms with Crippen LogP contribution in [-0.4, -0.2) is 16.7 Å². The number of hydrogen-bond donors (Lipinski definition) is 0. The number of methoxy groups -OCH3 is 1. The van der Waals surface area contributed by atoms with Crippen LogP contribution >= 0.6 is 11.8 Å². The molecule has 0 saturated carbocycles. The van der Waals surface area contributed by atoms with Crippen LogP contribution in [0.15, 0.2) is 70.7 Å². The molecule has 0 amide bonds. The predicted molar refractivity (Wildman–Crippen MR) is 97.1 cm³/mol. The van der Waals surface area contributed by atoms with Gasteiger partial charge in [-0.1, -0.05) is 36.0 Å². The SMILES string of the molecule is COc1cccc(CSc2nccn(-c3cccc(C)c3)c2=O)c1. The monoisotopic (exact) mass is 338 g/mol. The summed E-state index contributed by atoms with van der Waals surface area (Å²) < 4.78 is 6.86. The van der Waals surface area contributed by atoms with Crippen LogP contribution in [-0.2, 0) is 5.75 Å². The molecule has 122 valence electrons. The first-order chi connectivity index (χ1) is 11.7. The second-order valence-corrected chi connectivity index (χ2v) is 6.35. The lowest BCUT2D eigenvalue weighted by molar-refractivity contribution is 0.414. The van der Waals surface area contributed by atoms with E-state index in [1.807, 2.05) is 55.5 Å². The zero-order chi connectivity index (χ0) is 16.9. The molecule has 3 aromatic rings. The van der Waals surface area contributed by atoms with Crippen molar-refractivity contribution in [3.8, 4) is 11.4 Å². The van der Waals surface area contributed by atoms with E-state index in [4.69, 9.17) is 4.74 Å². The number of aromatic nitrogens is 2. The number of aryl methyl sites for hydroxylation is 1. The second kappa shape index (κ2) is 7.36. The first-order valence-corrected chi connectivity index (χ1v) is 8.56. The van der Waals surface area contributed by atoms with Crippen molar-refractivity contribution in [3.63, 3.8) is 0 Å². The zero-order valence-corrected chi connectivity index (χ0v) is 14.4. The van der Waals surface area contributed by atoms with Crippen LogP contribution in [0.3, 0.4) is 0 Å². The molecule has 0 fully saturated rings. The number of nitrogens with zero attached hydrogens (tertiary/aromatic N) is 2. The highest BCUT2D eigenvalue weighted by atomic mass is 32.2. The largest absolute Gasteiger partial charge is 0.497 e. The van der Waals surface area contributed by atoms with Gasteiger partial charge in [0.25, 0.3) is 5.56 Å². The fourth-order valence-corrected chi connectivity index (χ4v) is 3.23. The highest BCUT2D eigenvalue weighted by Gasteiger charge is 2.08. The summed E-state index contributed by atoms with van der Waals surface area (Å²) in [5, 5.41) is 0.488. The molecule has 5 heteroatoms. The zero-order valence-electron chi connectivity index (χ0n) is 13.6. The van der Waals surface area contributed by atoms with E-state index in [0.29, 0.717) is 10.8 Å². The number of hydrogen-bond acceptors (Lipinski definition) is 4. The molecule has 4 nitrogen and oxygen atoms in total. The van der Waals surface area contributed by atoms with Crippen molar-refractivity contribution in [2.45, 2.75) is 17.7 Å². The minimum absolute atomic E-state index is 0.101. The quantitative estimate of drug-likeness (QED) is 0.663. The molecule has 1 heterocycles. The van der Waals surface area contributed by atoms with Gasteiger partial charge in [0.2, 0.25) is 0 Å². The van der Waals surface area contributed by atoms with Crippen LogP contribution in [0.25, 0.3) is 5.69 Å². The summed E-state index contributed by atoms with van der Waals surface area (Å²) in [6, 6.07) is 15.7. The van der Waals surface area contributed by atoms with Crippen molar-refractivity contribution in [3.05, 3.63) is 82.4 Å². The predicted octanol–water partition coefficient (Wildman–Crippen LogP) is 3.84. The summed E-state index contributed by atoms with van der Waals surface area (Å²) in [6.07, 6.45) is 3.37. The van der Waals surface area contributed by atoms with E-state index in [-0.39, 0.29) is 5.56 Å². The summed E-state index contributed by atoms with van der Waals surface area (Å²) in [5.41, 5.74) is 2.95. The molecule has 1 aromatic heterocycles. The number of rotatable bonds is 5. The Hall–Kier alpha value is -2.53. The Labute approximate surface area is 145 Å². The van der Waals surface area contributed by atoms with Gasteiger partial charge in [-0.05, 0) is 42.3 Å². The van der Waals surface area contributed by atoms with Gasteiger partial charge < -0.3 is 4.74 Å². The molecule has 0 unspecified atom stereocenters. The lowest BCUT2D eigenvalue weighted by Crippen LogP contribution is -2.20. The summed E-state index contributed by atoms with van der Waals surface area (Å²) in [4.78, 5) is 16.9. The van der Waals surface area contributed by atoms with Gasteiger partial charge in [-0.25, -0.2) is 4.98 Å².